The van der Waals surface area contributed by atoms with Crippen LogP contribution in [0.15, 0.2) is 76.8 Å². The number of hydrogen-bond donors (Lipinski definition) is 7. The molecule has 0 radical (unpaired) electrons. The number of aliphatic hydroxyl groups is 1. The van der Waals surface area contributed by atoms with Gasteiger partial charge in [0.1, 0.15) is 23.6 Å². The van der Waals surface area contributed by atoms with E-state index in [0.29, 0.717) is 36.4 Å². The van der Waals surface area contributed by atoms with Crippen molar-refractivity contribution < 1.29 is 57.4 Å². The van der Waals surface area contributed by atoms with E-state index in [1.165, 1.54) is 39.3 Å². The number of unbranched alkanes of at least 4 members (excludes halogenated alkanes) is 6. The van der Waals surface area contributed by atoms with Gasteiger partial charge < -0.3 is 55.9 Å². The topological polar surface area (TPSA) is 275 Å². The van der Waals surface area contributed by atoms with Crippen LogP contribution in [0.1, 0.15) is 153 Å². The molecule has 5 aromatic rings. The van der Waals surface area contributed by atoms with Crippen LogP contribution < -0.4 is 31.3 Å². The molecule has 3 aromatic carbocycles. The fourth-order valence-electron chi connectivity index (χ4n) is 10.4. The number of carbonyl (C=O) groups is 7. The lowest BCUT2D eigenvalue weighted by molar-refractivity contribution is -0.145. The number of fused-ring (bicyclic) bond motifs is 1. The van der Waals surface area contributed by atoms with Gasteiger partial charge in [0, 0.05) is 51.8 Å². The van der Waals surface area contributed by atoms with Crippen molar-refractivity contribution in [3.05, 3.63) is 106 Å². The molecule has 1 saturated carbocycles. The number of β-amino-alcohol motifs (C(OH)–C–C–N with tert-alkyl or cyclic N) is 1. The summed E-state index contributed by atoms with van der Waals surface area (Å²) >= 11 is 1.51. The summed E-state index contributed by atoms with van der Waals surface area (Å²) in [5.41, 5.74) is 4.00. The van der Waals surface area contributed by atoms with Gasteiger partial charge in [0.15, 0.2) is 23.7 Å². The number of likely N-dealkylation sites (tertiary alicyclic amines) is 1. The summed E-state index contributed by atoms with van der Waals surface area (Å²) in [6, 6.07) is 15.7. The summed E-state index contributed by atoms with van der Waals surface area (Å²) in [7, 11) is 3.17. The Morgan fingerprint density at radius 3 is 2.19 bits per heavy atom. The van der Waals surface area contributed by atoms with Gasteiger partial charge in [-0.1, -0.05) is 94.4 Å². The Morgan fingerprint density at radius 2 is 1.55 bits per heavy atom. The number of phenols is 1. The van der Waals surface area contributed by atoms with Gasteiger partial charge >= 0.3 is 0 Å². The first-order valence-electron chi connectivity index (χ1n) is 28.5. The number of aryl methyl sites for hydroxylation is 2. The first-order valence-corrected chi connectivity index (χ1v) is 29.4. The molecule has 1 saturated heterocycles. The summed E-state index contributed by atoms with van der Waals surface area (Å²) in [5.74, 6) is -2.80. The highest BCUT2D eigenvalue weighted by Gasteiger charge is 2.53. The van der Waals surface area contributed by atoms with Crippen LogP contribution >= 0.6 is 11.3 Å². The van der Waals surface area contributed by atoms with E-state index in [9.17, 15) is 48.2 Å². The summed E-state index contributed by atoms with van der Waals surface area (Å²) in [6.45, 7) is 7.78. The highest BCUT2D eigenvalue weighted by Crippen LogP contribution is 2.41. The van der Waals surface area contributed by atoms with Crippen molar-refractivity contribution in [2.24, 2.45) is 5.41 Å². The zero-order valence-corrected chi connectivity index (χ0v) is 48.8. The van der Waals surface area contributed by atoms with Gasteiger partial charge in [0.25, 0.3) is 23.6 Å². The molecular weight excluding hydrogens is 1090 g/mol. The zero-order chi connectivity index (χ0) is 59.6. The Morgan fingerprint density at radius 1 is 0.880 bits per heavy atom. The summed E-state index contributed by atoms with van der Waals surface area (Å²) in [6.07, 6.45) is 6.73. The fraction of sp³-hybridized carbons (Fsp3) is 0.492. The molecule has 2 aliphatic carbocycles. The lowest BCUT2D eigenvalue weighted by atomic mass is 9.85. The number of aromatic nitrogens is 2. The molecule has 83 heavy (non-hydrogen) atoms. The SMILES string of the molecule is Cc1ncsc1-c1ccc(C(CC(=O)NCCCCCCCCCNC(=O)COc2ccc3c(c2)[C@H](NC(=O)c2cc(-c4ccc(C(=O)N(C)C)c(O)c4)on2)CC3)NC(=O)[C@@H]2C[C@@H](O)CN2C(=O)C(NC(=O)C2(F)CC2)C(C)(C)C)cc1. The third kappa shape index (κ3) is 15.9. The molecule has 2 aromatic heterocycles. The molecule has 7 N–H and O–H groups in total. The quantitative estimate of drug-likeness (QED) is 0.0271. The minimum atomic E-state index is -2.01. The third-order valence-corrected chi connectivity index (χ3v) is 16.4. The van der Waals surface area contributed by atoms with E-state index in [2.05, 4.69) is 36.7 Å². The van der Waals surface area contributed by atoms with E-state index in [0.717, 1.165) is 78.6 Å². The van der Waals surface area contributed by atoms with Crippen molar-refractivity contribution >= 4 is 52.7 Å². The van der Waals surface area contributed by atoms with Crippen molar-refractivity contribution in [2.75, 3.05) is 40.3 Å². The highest BCUT2D eigenvalue weighted by molar-refractivity contribution is 7.13. The van der Waals surface area contributed by atoms with Gasteiger partial charge in [-0.25, -0.2) is 9.37 Å². The molecule has 3 heterocycles. The maximum atomic E-state index is 14.8. The van der Waals surface area contributed by atoms with E-state index < -0.39 is 58.9 Å². The van der Waals surface area contributed by atoms with Gasteiger partial charge in [-0.2, -0.15) is 0 Å². The predicted molar refractivity (Wildman–Crippen MR) is 309 cm³/mol. The molecular formula is C61H76FN9O11S. The van der Waals surface area contributed by atoms with Gasteiger partial charge in [0.2, 0.25) is 17.7 Å². The number of carbonyl (C=O) groups excluding carboxylic acids is 7. The lowest BCUT2D eigenvalue weighted by Crippen LogP contribution is -2.59. The minimum Gasteiger partial charge on any atom is -0.507 e. The molecule has 20 nitrogen and oxygen atoms in total. The number of halogens is 1. The van der Waals surface area contributed by atoms with Gasteiger partial charge in [-0.15, -0.1) is 11.3 Å². The smallest absolute Gasteiger partial charge is 0.273 e. The second-order valence-corrected chi connectivity index (χ2v) is 24.0. The second-order valence-electron chi connectivity index (χ2n) is 23.2. The number of nitrogens with one attached hydrogen (secondary N) is 5. The molecule has 2 unspecified atom stereocenters. The Balaban J connectivity index is 0.727. The number of aliphatic hydroxyl groups excluding tert-OH is 1. The molecule has 3 aliphatic rings. The largest absolute Gasteiger partial charge is 0.507 e. The number of amides is 7. The predicted octanol–water partition coefficient (Wildman–Crippen LogP) is 7.18. The van der Waals surface area contributed by atoms with Crippen LogP contribution in [0, 0.1) is 12.3 Å². The van der Waals surface area contributed by atoms with Crippen LogP contribution in [0.5, 0.6) is 11.5 Å². The van der Waals surface area contributed by atoms with Crippen molar-refractivity contribution in [2.45, 2.75) is 147 Å². The molecule has 0 bridgehead atoms. The van der Waals surface area contributed by atoms with Crippen LogP contribution in [-0.4, -0.2) is 136 Å². The molecule has 0 spiro atoms. The number of aromatic hydroxyl groups is 1. The highest BCUT2D eigenvalue weighted by atomic mass is 32.1. The number of rotatable bonds is 26. The van der Waals surface area contributed by atoms with Crippen LogP contribution in [0.3, 0.4) is 0 Å². The van der Waals surface area contributed by atoms with Crippen LogP contribution in [-0.2, 0) is 30.4 Å². The van der Waals surface area contributed by atoms with Crippen molar-refractivity contribution in [1.29, 1.82) is 0 Å². The maximum absolute atomic E-state index is 14.8. The Bertz CT molecular complexity index is 3150. The Kier molecular flexibility index (Phi) is 20.0. The van der Waals surface area contributed by atoms with Crippen molar-refractivity contribution in [3.8, 4) is 33.3 Å². The molecule has 7 amide bonds. The number of hydrogen-bond acceptors (Lipinski definition) is 14. The van der Waals surface area contributed by atoms with E-state index in [4.69, 9.17) is 9.26 Å². The molecule has 8 rings (SSSR count). The van der Waals surface area contributed by atoms with E-state index in [1.54, 1.807) is 46.4 Å². The minimum absolute atomic E-state index is 0.0523. The molecule has 22 heteroatoms. The van der Waals surface area contributed by atoms with Crippen LogP contribution in [0.4, 0.5) is 4.39 Å². The average Bonchev–Trinajstić information content (AvgIpc) is 3.72. The Hall–Kier alpha value is -7.72. The number of alkyl halides is 1. The number of phenolic OH excluding ortho intramolecular Hbond substituents is 1. The summed E-state index contributed by atoms with van der Waals surface area (Å²) in [4.78, 5) is 101. The number of ether oxygens (including phenoxy) is 1. The van der Waals surface area contributed by atoms with Gasteiger partial charge in [0.05, 0.1) is 46.3 Å². The molecule has 444 valence electrons. The zero-order valence-electron chi connectivity index (χ0n) is 48.0. The summed E-state index contributed by atoms with van der Waals surface area (Å²) in [5, 5.41) is 39.7. The Labute approximate surface area is 486 Å². The third-order valence-electron chi connectivity index (χ3n) is 15.4. The van der Waals surface area contributed by atoms with E-state index in [-0.39, 0.29) is 85.4 Å². The van der Waals surface area contributed by atoms with E-state index in [1.807, 2.05) is 49.4 Å². The normalized spacial score (nSPS) is 17.6. The standard InChI is InChI=1S/C61H76FN9O11S/c1-36-53(83-35-65-36)39-16-14-38(15-17-39)46(67-56(77)48-29-41(72)33-71(48)58(79)54(60(2,3)4)68-59(80)61(62)24-25-61)32-51(74)63-26-12-10-8-7-9-11-13-27-64-52(75)34-81-42-21-18-37-20-23-45(44(37)30-42)66-55(76)47-31-50(82-69-47)40-19-22-43(49(73)28-40)57(78)70(5)6/h14-19,21-22,28,30-31,35,41,45-46,48,54,72-73H,7-13,20,23-27,29,32-34H2,1-6H3,(H,63,74)(H,64,75)(H,66,76)(H,67,77)(H,68,80)/t41-,45-,46?,48+,54?/m1/s1. The van der Waals surface area contributed by atoms with Crippen molar-refractivity contribution in [3.63, 3.8) is 0 Å². The molecule has 1 aliphatic heterocycles. The van der Waals surface area contributed by atoms with Crippen LogP contribution in [0.25, 0.3) is 21.8 Å². The van der Waals surface area contributed by atoms with Gasteiger partial charge in [-0.05, 0) is 97.4 Å². The monoisotopic (exact) mass is 1160 g/mol. The maximum Gasteiger partial charge on any atom is 0.273 e. The van der Waals surface area contributed by atoms with E-state index >= 15 is 0 Å². The average molecular weight is 1160 g/mol. The second kappa shape index (κ2) is 27.1. The number of thiazole rings is 1. The van der Waals surface area contributed by atoms with Crippen LogP contribution in [0.2, 0.25) is 0 Å². The number of benzene rings is 3. The number of nitrogens with zero attached hydrogens (tertiary/aromatic N) is 4. The molecule has 5 atom stereocenters. The lowest BCUT2D eigenvalue weighted by Gasteiger charge is -2.36. The summed E-state index contributed by atoms with van der Waals surface area (Å²) < 4.78 is 26.0. The first-order chi connectivity index (χ1) is 39.6. The molecule has 2 fully saturated rings. The van der Waals surface area contributed by atoms with Crippen molar-refractivity contribution in [1.82, 2.24) is 46.5 Å². The van der Waals surface area contributed by atoms with Gasteiger partial charge in [-0.3, -0.25) is 33.6 Å². The first kappa shape index (κ1) is 61.4. The fourth-order valence-corrected chi connectivity index (χ4v) is 11.2.